The number of rotatable bonds is 8. The molecule has 12 rings (SSSR count). The van der Waals surface area contributed by atoms with E-state index in [4.69, 9.17) is 0 Å². The lowest BCUT2D eigenvalue weighted by atomic mass is 9.93. The quantitative estimate of drug-likeness (QED) is 0.147. The van der Waals surface area contributed by atoms with Crippen LogP contribution >= 0.6 is 11.3 Å². The molecule has 0 fully saturated rings. The van der Waals surface area contributed by atoms with Crippen LogP contribution in [0.25, 0.3) is 97.4 Å². The van der Waals surface area contributed by atoms with Gasteiger partial charge in [-0.1, -0.05) is 200 Å². The number of hydrogen-bond donors (Lipinski definition) is 0. The average molecular weight is 832 g/mol. The van der Waals surface area contributed by atoms with Crippen molar-refractivity contribution in [2.75, 3.05) is 4.90 Å². The minimum absolute atomic E-state index is 1.09. The van der Waals surface area contributed by atoms with Crippen molar-refractivity contribution in [2.24, 2.45) is 0 Å². The van der Waals surface area contributed by atoms with Crippen molar-refractivity contribution >= 4 is 70.1 Å². The number of nitrogens with zero attached hydrogens (tertiary/aromatic N) is 1. The van der Waals surface area contributed by atoms with E-state index in [9.17, 15) is 0 Å². The second-order valence-electron chi connectivity index (χ2n) is 16.5. The van der Waals surface area contributed by atoms with Gasteiger partial charge in [0, 0.05) is 37.1 Å². The largest absolute Gasteiger partial charge is 0.310 e. The minimum atomic E-state index is 1.09. The monoisotopic (exact) mass is 831 g/mol. The third-order valence-corrected chi connectivity index (χ3v) is 13.8. The normalized spacial score (nSPS) is 11.4. The van der Waals surface area contributed by atoms with Crippen molar-refractivity contribution in [2.45, 2.75) is 0 Å². The van der Waals surface area contributed by atoms with E-state index in [2.05, 4.69) is 254 Å². The molecule has 0 unspecified atom stereocenters. The van der Waals surface area contributed by atoms with E-state index in [1.54, 1.807) is 0 Å². The van der Waals surface area contributed by atoms with Gasteiger partial charge in [0.15, 0.2) is 0 Å². The second-order valence-corrected chi connectivity index (χ2v) is 17.6. The van der Waals surface area contributed by atoms with Crippen LogP contribution in [-0.4, -0.2) is 0 Å². The van der Waals surface area contributed by atoms with Crippen LogP contribution in [0.5, 0.6) is 0 Å². The Balaban J connectivity index is 0.967. The summed E-state index contributed by atoms with van der Waals surface area (Å²) in [5.74, 6) is 0. The lowest BCUT2D eigenvalue weighted by molar-refractivity contribution is 1.28. The van der Waals surface area contributed by atoms with Crippen LogP contribution in [-0.2, 0) is 0 Å². The minimum Gasteiger partial charge on any atom is -0.310 e. The maximum absolute atomic E-state index is 2.43. The molecule has 1 nitrogen and oxygen atoms in total. The van der Waals surface area contributed by atoms with E-state index in [0.29, 0.717) is 0 Å². The Morgan fingerprint density at radius 2 is 0.781 bits per heavy atom. The smallest absolute Gasteiger partial charge is 0.0540 e. The summed E-state index contributed by atoms with van der Waals surface area (Å²) >= 11 is 1.86. The van der Waals surface area contributed by atoms with Gasteiger partial charge in [-0.3, -0.25) is 0 Å². The molecule has 0 aliphatic rings. The van der Waals surface area contributed by atoms with Crippen LogP contribution < -0.4 is 4.90 Å². The predicted octanol–water partition coefficient (Wildman–Crippen LogP) is 18.2. The summed E-state index contributed by atoms with van der Waals surface area (Å²) in [7, 11) is 0. The van der Waals surface area contributed by atoms with Crippen LogP contribution in [0.15, 0.2) is 249 Å². The van der Waals surface area contributed by atoms with Crippen LogP contribution in [0.1, 0.15) is 0 Å². The van der Waals surface area contributed by atoms with Gasteiger partial charge in [-0.05, 0) is 120 Å². The lowest BCUT2D eigenvalue weighted by Gasteiger charge is -2.28. The van der Waals surface area contributed by atoms with E-state index in [0.717, 1.165) is 17.1 Å². The summed E-state index contributed by atoms with van der Waals surface area (Å²) in [4.78, 5) is 2.43. The fourth-order valence-electron chi connectivity index (χ4n) is 9.51. The summed E-state index contributed by atoms with van der Waals surface area (Å²) in [6.07, 6.45) is 0. The fourth-order valence-corrected chi connectivity index (χ4v) is 10.7. The molecule has 0 aliphatic carbocycles. The molecule has 1 aromatic heterocycles. The molecule has 0 radical (unpaired) electrons. The molecular formula is C62H41NS. The Bertz CT molecular complexity index is 3670. The fraction of sp³-hybridized carbons (Fsp3) is 0. The highest BCUT2D eigenvalue weighted by molar-refractivity contribution is 7.25. The van der Waals surface area contributed by atoms with E-state index in [-0.39, 0.29) is 0 Å². The van der Waals surface area contributed by atoms with Gasteiger partial charge in [0.05, 0.1) is 5.69 Å². The van der Waals surface area contributed by atoms with E-state index in [1.807, 2.05) is 11.3 Å². The van der Waals surface area contributed by atoms with Crippen LogP contribution in [0.3, 0.4) is 0 Å². The number of fused-ring (bicyclic) bond motifs is 5. The molecule has 12 aromatic rings. The summed E-state index contributed by atoms with van der Waals surface area (Å²) < 4.78 is 2.61. The van der Waals surface area contributed by atoms with Crippen LogP contribution in [0.2, 0.25) is 0 Å². The SMILES string of the molecule is c1cc(-c2ccccc2-c2ccc3ccccc3c2)cc(N(c2ccc(-c3ccc(-c4cccc5ccccc45)cc3)cc2)c2ccccc2-c2ccc3c(c2)sc2ccccc23)c1. The molecule has 300 valence electrons. The summed E-state index contributed by atoms with van der Waals surface area (Å²) in [6.45, 7) is 0. The van der Waals surface area contributed by atoms with Gasteiger partial charge in [-0.25, -0.2) is 0 Å². The number of benzene rings is 11. The zero-order valence-electron chi connectivity index (χ0n) is 35.0. The highest BCUT2D eigenvalue weighted by Crippen LogP contribution is 2.45. The van der Waals surface area contributed by atoms with Gasteiger partial charge >= 0.3 is 0 Å². The standard InChI is InChI=1S/C62H41NS/c1-2-15-47-39-49(32-29-42(47)13-1)56-21-6-5-20-55(56)48-17-11-18-52(40-48)63(60-25-9-7-22-57(60)50-35-38-59-58-23-8-10-26-61(58)64-62(59)41-50)51-36-33-44(34-37-51)43-27-30-46(31-28-43)54-24-12-16-45-14-3-4-19-53(45)54/h1-41H. The van der Waals surface area contributed by atoms with Crippen molar-refractivity contribution in [3.05, 3.63) is 249 Å². The first-order valence-corrected chi connectivity index (χ1v) is 22.7. The molecule has 0 saturated carbocycles. The van der Waals surface area contributed by atoms with Gasteiger partial charge in [0.2, 0.25) is 0 Å². The molecule has 0 spiro atoms. The molecule has 0 amide bonds. The van der Waals surface area contributed by atoms with Crippen molar-refractivity contribution in [3.63, 3.8) is 0 Å². The summed E-state index contributed by atoms with van der Waals surface area (Å²) in [5.41, 5.74) is 15.3. The highest BCUT2D eigenvalue weighted by atomic mass is 32.1. The first-order valence-electron chi connectivity index (χ1n) is 21.9. The van der Waals surface area contributed by atoms with Gasteiger partial charge in [0.25, 0.3) is 0 Å². The lowest BCUT2D eigenvalue weighted by Crippen LogP contribution is -2.11. The van der Waals surface area contributed by atoms with Crippen LogP contribution in [0.4, 0.5) is 17.1 Å². The van der Waals surface area contributed by atoms with Gasteiger partial charge in [-0.2, -0.15) is 0 Å². The maximum Gasteiger partial charge on any atom is 0.0540 e. The number of para-hydroxylation sites is 1. The van der Waals surface area contributed by atoms with Gasteiger partial charge in [0.1, 0.15) is 0 Å². The van der Waals surface area contributed by atoms with Crippen molar-refractivity contribution < 1.29 is 0 Å². The molecule has 2 heteroatoms. The topological polar surface area (TPSA) is 3.24 Å². The second kappa shape index (κ2) is 16.0. The molecule has 0 atom stereocenters. The Morgan fingerprint density at radius 3 is 1.59 bits per heavy atom. The van der Waals surface area contributed by atoms with E-state index in [1.165, 1.54) is 97.4 Å². The molecule has 1 heterocycles. The van der Waals surface area contributed by atoms with Crippen LogP contribution in [0, 0.1) is 0 Å². The Labute approximate surface area is 377 Å². The highest BCUT2D eigenvalue weighted by Gasteiger charge is 2.20. The van der Waals surface area contributed by atoms with E-state index >= 15 is 0 Å². The molecule has 0 N–H and O–H groups in total. The molecule has 0 bridgehead atoms. The Kier molecular flexibility index (Phi) is 9.43. The van der Waals surface area contributed by atoms with Gasteiger partial charge in [-0.15, -0.1) is 11.3 Å². The molecule has 64 heavy (non-hydrogen) atoms. The molecule has 11 aromatic carbocycles. The summed E-state index contributed by atoms with van der Waals surface area (Å²) in [6, 6.07) is 91.0. The molecular weight excluding hydrogens is 791 g/mol. The first-order chi connectivity index (χ1) is 31.7. The molecule has 0 aliphatic heterocycles. The summed E-state index contributed by atoms with van der Waals surface area (Å²) in [5, 5.41) is 7.63. The number of anilines is 3. The third kappa shape index (κ3) is 6.82. The average Bonchev–Trinajstić information content (AvgIpc) is 3.75. The number of hydrogen-bond acceptors (Lipinski definition) is 2. The van der Waals surface area contributed by atoms with E-state index < -0.39 is 0 Å². The number of thiophene rings is 1. The van der Waals surface area contributed by atoms with Crippen molar-refractivity contribution in [1.82, 2.24) is 0 Å². The Morgan fingerprint density at radius 1 is 0.250 bits per heavy atom. The Hall–Kier alpha value is -8.04. The van der Waals surface area contributed by atoms with Crippen molar-refractivity contribution in [3.8, 4) is 55.6 Å². The maximum atomic E-state index is 2.43. The zero-order chi connectivity index (χ0) is 42.4. The van der Waals surface area contributed by atoms with Crippen molar-refractivity contribution in [1.29, 1.82) is 0 Å². The third-order valence-electron chi connectivity index (χ3n) is 12.7. The molecule has 0 saturated heterocycles. The predicted molar refractivity (Wildman–Crippen MR) is 276 cm³/mol. The zero-order valence-corrected chi connectivity index (χ0v) is 35.8. The first kappa shape index (κ1) is 37.7. The van der Waals surface area contributed by atoms with Gasteiger partial charge < -0.3 is 4.90 Å².